The van der Waals surface area contributed by atoms with Crippen LogP contribution in [0.1, 0.15) is 0 Å². The van der Waals surface area contributed by atoms with E-state index in [-0.39, 0.29) is 0 Å². The summed E-state index contributed by atoms with van der Waals surface area (Å²) >= 11 is 0. The van der Waals surface area contributed by atoms with E-state index in [9.17, 15) is 0 Å². The van der Waals surface area contributed by atoms with Gasteiger partial charge in [0.2, 0.25) is 0 Å². The molecule has 208 valence electrons. The Morgan fingerprint density at radius 2 is 0.450 bits per heavy atom. The lowest BCUT2D eigenvalue weighted by molar-refractivity contribution is 1.53. The minimum Gasteiger partial charge on any atom is -0.0656 e. The number of benzene rings is 4. The Hall–Kier alpha value is -2.25. The van der Waals surface area contributed by atoms with E-state index in [0.717, 1.165) is 0 Å². The molecule has 4 aromatic rings. The lowest BCUT2D eigenvalue weighted by Crippen LogP contribution is -2.56. The van der Waals surface area contributed by atoms with E-state index < -0.39 is 32.3 Å². The zero-order chi connectivity index (χ0) is 29.4. The topological polar surface area (TPSA) is 0 Å². The quantitative estimate of drug-likeness (QED) is 0.183. The van der Waals surface area contributed by atoms with Crippen molar-refractivity contribution in [2.24, 2.45) is 0 Å². The van der Waals surface area contributed by atoms with Crippen molar-refractivity contribution in [2.75, 3.05) is 0 Å². The summed E-state index contributed by atoms with van der Waals surface area (Å²) in [6, 6.07) is 29.0. The summed E-state index contributed by atoms with van der Waals surface area (Å²) in [7, 11) is -6.31. The Labute approximate surface area is 248 Å². The standard InChI is InChI=1S/C36H48Si4/c1-37(2,3)33-21-29-25-17-13-14-18-26(25)31-23-35(39(7,8)9)36(40(10,11)12)24-32(31)28-20-16-15-19-27(28)30(29)22-34(33)38(4,5)6/h13-24H,1-12H3. The Balaban J connectivity index is 2.01. The fraction of sp³-hybridized carbons (Fsp3) is 0.333. The second-order valence-corrected chi connectivity index (χ2v) is 36.1. The minimum atomic E-state index is -1.58. The highest BCUT2D eigenvalue weighted by molar-refractivity contribution is 6.99. The van der Waals surface area contributed by atoms with Gasteiger partial charge in [-0.15, -0.1) is 0 Å². The molecule has 1 aliphatic carbocycles. The largest absolute Gasteiger partial charge is 0.0774 e. The monoisotopic (exact) mass is 592 g/mol. The summed E-state index contributed by atoms with van der Waals surface area (Å²) < 4.78 is 0. The fourth-order valence-corrected chi connectivity index (χ4v) is 16.8. The highest BCUT2D eigenvalue weighted by Gasteiger charge is 2.34. The SMILES string of the molecule is C[Si](C)(C)c1cc2c(cc1[Si](C)(C)C)-c1ccccc1-c1cc([Si](C)(C)C)c([Si](C)(C)C)cc1-c1ccccc1-2. The molecule has 0 saturated carbocycles. The van der Waals surface area contributed by atoms with E-state index in [2.05, 4.69) is 151 Å². The van der Waals surface area contributed by atoms with Gasteiger partial charge in [0.25, 0.3) is 0 Å². The van der Waals surface area contributed by atoms with Crippen LogP contribution in [0, 0.1) is 0 Å². The zero-order valence-corrected chi connectivity index (χ0v) is 30.9. The first-order valence-electron chi connectivity index (χ1n) is 15.0. The van der Waals surface area contributed by atoms with Gasteiger partial charge in [0.05, 0.1) is 32.3 Å². The van der Waals surface area contributed by atoms with E-state index in [1.165, 1.54) is 44.5 Å². The molecule has 4 aromatic carbocycles. The van der Waals surface area contributed by atoms with Gasteiger partial charge in [-0.3, -0.25) is 0 Å². The summed E-state index contributed by atoms with van der Waals surface area (Å²) in [5.74, 6) is 0. The zero-order valence-electron chi connectivity index (χ0n) is 26.9. The second-order valence-electron chi connectivity index (χ2n) is 16.0. The van der Waals surface area contributed by atoms with Gasteiger partial charge in [-0.2, -0.15) is 0 Å². The molecule has 0 N–H and O–H groups in total. The van der Waals surface area contributed by atoms with Crippen LogP contribution < -0.4 is 20.7 Å². The van der Waals surface area contributed by atoms with E-state index in [1.807, 2.05) is 0 Å². The molecule has 0 saturated heterocycles. The first-order valence-corrected chi connectivity index (χ1v) is 29.0. The molecule has 5 rings (SSSR count). The van der Waals surface area contributed by atoms with Gasteiger partial charge in [0.1, 0.15) is 0 Å². The lowest BCUT2D eigenvalue weighted by atomic mass is 9.81. The summed E-state index contributed by atoms with van der Waals surface area (Å²) in [5.41, 5.74) is 11.2. The molecule has 0 bridgehead atoms. The predicted octanol–water partition coefficient (Wildman–Crippen LogP) is 8.85. The Morgan fingerprint density at radius 3 is 0.600 bits per heavy atom. The Bertz CT molecular complexity index is 1370. The maximum absolute atomic E-state index is 2.63. The highest BCUT2D eigenvalue weighted by atomic mass is 28.3. The van der Waals surface area contributed by atoms with Gasteiger partial charge in [-0.25, -0.2) is 0 Å². The van der Waals surface area contributed by atoms with Crippen molar-refractivity contribution >= 4 is 53.0 Å². The first kappa shape index (κ1) is 29.2. The number of hydrogen-bond acceptors (Lipinski definition) is 0. The summed E-state index contributed by atoms with van der Waals surface area (Å²) in [6.07, 6.45) is 0. The average molecular weight is 593 g/mol. The first-order chi connectivity index (χ1) is 18.4. The number of fused-ring (bicyclic) bond motifs is 8. The van der Waals surface area contributed by atoms with E-state index in [1.54, 1.807) is 20.7 Å². The van der Waals surface area contributed by atoms with Crippen LogP contribution in [0.25, 0.3) is 44.5 Å². The maximum atomic E-state index is 2.63. The van der Waals surface area contributed by atoms with Crippen molar-refractivity contribution in [1.82, 2.24) is 0 Å². The van der Waals surface area contributed by atoms with Crippen LogP contribution in [0.3, 0.4) is 0 Å². The minimum absolute atomic E-state index is 1.39. The molecule has 0 unspecified atom stereocenters. The van der Waals surface area contributed by atoms with Gasteiger partial charge in [0, 0.05) is 0 Å². The van der Waals surface area contributed by atoms with Crippen LogP contribution in [0.4, 0.5) is 0 Å². The molecule has 40 heavy (non-hydrogen) atoms. The number of rotatable bonds is 4. The summed E-state index contributed by atoms with van der Waals surface area (Å²) in [6.45, 7) is 30.3. The normalized spacial score (nSPS) is 13.5. The van der Waals surface area contributed by atoms with Crippen molar-refractivity contribution in [3.05, 3.63) is 72.8 Å². The van der Waals surface area contributed by atoms with Crippen molar-refractivity contribution < 1.29 is 0 Å². The summed E-state index contributed by atoms with van der Waals surface area (Å²) in [4.78, 5) is 0. The molecule has 0 amide bonds. The highest BCUT2D eigenvalue weighted by Crippen LogP contribution is 2.47. The average Bonchev–Trinajstić information content (AvgIpc) is 2.84. The third-order valence-corrected chi connectivity index (χ3v) is 17.2. The van der Waals surface area contributed by atoms with Gasteiger partial charge in [-0.1, -0.05) is 172 Å². The second kappa shape index (κ2) is 9.65. The van der Waals surface area contributed by atoms with E-state index in [4.69, 9.17) is 0 Å². The molecular weight excluding hydrogens is 545 g/mol. The molecule has 0 radical (unpaired) electrons. The molecule has 0 aromatic heterocycles. The van der Waals surface area contributed by atoms with Crippen molar-refractivity contribution in [3.8, 4) is 44.5 Å². The van der Waals surface area contributed by atoms with Crippen molar-refractivity contribution in [1.29, 1.82) is 0 Å². The molecule has 4 heteroatoms. The predicted molar refractivity (Wildman–Crippen MR) is 194 cm³/mol. The molecular formula is C36H48Si4. The van der Waals surface area contributed by atoms with Crippen LogP contribution in [0.2, 0.25) is 78.6 Å². The van der Waals surface area contributed by atoms with Gasteiger partial charge in [0.15, 0.2) is 0 Å². The smallest absolute Gasteiger partial charge is 0.0656 e. The van der Waals surface area contributed by atoms with Crippen LogP contribution in [-0.2, 0) is 0 Å². The van der Waals surface area contributed by atoms with Gasteiger partial charge >= 0.3 is 0 Å². The molecule has 0 heterocycles. The molecule has 0 spiro atoms. The molecule has 0 fully saturated rings. The van der Waals surface area contributed by atoms with Crippen molar-refractivity contribution in [3.63, 3.8) is 0 Å². The third kappa shape index (κ3) is 5.13. The van der Waals surface area contributed by atoms with Crippen LogP contribution in [-0.4, -0.2) is 32.3 Å². The van der Waals surface area contributed by atoms with Gasteiger partial charge in [-0.05, 0) is 44.5 Å². The van der Waals surface area contributed by atoms with Crippen LogP contribution in [0.5, 0.6) is 0 Å². The molecule has 0 atom stereocenters. The molecule has 0 aliphatic heterocycles. The van der Waals surface area contributed by atoms with Crippen molar-refractivity contribution in [2.45, 2.75) is 78.6 Å². The van der Waals surface area contributed by atoms with Crippen LogP contribution in [0.15, 0.2) is 72.8 Å². The molecule has 0 nitrogen and oxygen atoms in total. The lowest BCUT2D eigenvalue weighted by Gasteiger charge is -2.33. The summed E-state index contributed by atoms with van der Waals surface area (Å²) in [5, 5.41) is 6.59. The third-order valence-electron chi connectivity index (χ3n) is 8.56. The molecule has 1 aliphatic rings. The maximum Gasteiger partial charge on any atom is 0.0774 e. The Kier molecular flexibility index (Phi) is 7.06. The van der Waals surface area contributed by atoms with Gasteiger partial charge < -0.3 is 0 Å². The van der Waals surface area contributed by atoms with E-state index >= 15 is 0 Å². The van der Waals surface area contributed by atoms with Crippen LogP contribution >= 0.6 is 0 Å². The Morgan fingerprint density at radius 1 is 0.275 bits per heavy atom. The number of hydrogen-bond donors (Lipinski definition) is 0. The fourth-order valence-electron chi connectivity index (χ4n) is 6.48. The van der Waals surface area contributed by atoms with E-state index in [0.29, 0.717) is 0 Å².